The summed E-state index contributed by atoms with van der Waals surface area (Å²) < 4.78 is 18.3. The second kappa shape index (κ2) is 7.56. The summed E-state index contributed by atoms with van der Waals surface area (Å²) in [5.74, 6) is -0.630. The molecule has 0 aliphatic heterocycles. The smallest absolute Gasteiger partial charge is 0.255 e. The third-order valence-corrected chi connectivity index (χ3v) is 3.29. The van der Waals surface area contributed by atoms with Crippen molar-refractivity contribution in [2.75, 3.05) is 13.7 Å². The number of rotatable bonds is 6. The van der Waals surface area contributed by atoms with Crippen LogP contribution in [0.4, 0.5) is 4.39 Å². The molecule has 0 spiro atoms. The minimum Gasteiger partial charge on any atom is -0.496 e. The number of ether oxygens (including phenoxy) is 1. The molecule has 1 amide bonds. The van der Waals surface area contributed by atoms with Crippen molar-refractivity contribution in [2.45, 2.75) is 12.5 Å². The molecule has 0 heterocycles. The highest BCUT2D eigenvalue weighted by molar-refractivity contribution is 5.96. The molecule has 1 unspecified atom stereocenters. The van der Waals surface area contributed by atoms with Crippen LogP contribution in [-0.2, 0) is 0 Å². The number of methoxy groups -OCH3 is 1. The zero-order valence-corrected chi connectivity index (χ0v) is 12.3. The molecule has 0 aromatic heterocycles. The van der Waals surface area contributed by atoms with Gasteiger partial charge in [-0.2, -0.15) is 0 Å². The van der Waals surface area contributed by atoms with Gasteiger partial charge in [0, 0.05) is 6.54 Å². The Kier molecular flexibility index (Phi) is 5.49. The zero-order valence-electron chi connectivity index (χ0n) is 12.3. The predicted octanol–water partition coefficient (Wildman–Crippen LogP) is 2.69. The molecule has 2 aromatic rings. The van der Waals surface area contributed by atoms with Crippen LogP contribution in [0.3, 0.4) is 0 Å². The van der Waals surface area contributed by atoms with E-state index in [1.165, 1.54) is 19.2 Å². The molecule has 0 saturated heterocycles. The molecule has 0 fully saturated rings. The summed E-state index contributed by atoms with van der Waals surface area (Å²) >= 11 is 0. The number of hydrogen-bond donors (Lipinski definition) is 2. The van der Waals surface area contributed by atoms with E-state index in [0.29, 0.717) is 12.2 Å². The first-order chi connectivity index (χ1) is 10.6. The van der Waals surface area contributed by atoms with E-state index in [1.807, 2.05) is 30.3 Å². The molecule has 2 aromatic carbocycles. The topological polar surface area (TPSA) is 58.6 Å². The summed E-state index contributed by atoms with van der Waals surface area (Å²) in [5, 5.41) is 12.7. The van der Waals surface area contributed by atoms with Crippen molar-refractivity contribution in [3.05, 3.63) is 65.5 Å². The van der Waals surface area contributed by atoms with Crippen molar-refractivity contribution in [2.24, 2.45) is 0 Å². The number of benzene rings is 2. The molecule has 0 saturated carbocycles. The Labute approximate surface area is 128 Å². The highest BCUT2D eigenvalue weighted by Crippen LogP contribution is 2.19. The van der Waals surface area contributed by atoms with Gasteiger partial charge in [0.1, 0.15) is 11.6 Å². The molecule has 0 aliphatic carbocycles. The summed E-state index contributed by atoms with van der Waals surface area (Å²) in [6.07, 6.45) is -0.288. The van der Waals surface area contributed by atoms with E-state index >= 15 is 0 Å². The second-order valence-electron chi connectivity index (χ2n) is 4.82. The van der Waals surface area contributed by atoms with Crippen molar-refractivity contribution in [3.63, 3.8) is 0 Å². The van der Waals surface area contributed by atoms with Gasteiger partial charge < -0.3 is 15.2 Å². The van der Waals surface area contributed by atoms with Crippen molar-refractivity contribution in [1.82, 2.24) is 5.32 Å². The number of carbonyl (C=O) groups is 1. The van der Waals surface area contributed by atoms with Crippen molar-refractivity contribution < 1.29 is 19.0 Å². The Hall–Kier alpha value is -2.40. The van der Waals surface area contributed by atoms with Gasteiger partial charge in [-0.1, -0.05) is 30.3 Å². The first kappa shape index (κ1) is 16.0. The minimum absolute atomic E-state index is 0.136. The maximum atomic E-state index is 13.2. The van der Waals surface area contributed by atoms with Crippen LogP contribution < -0.4 is 10.1 Å². The van der Waals surface area contributed by atoms with Gasteiger partial charge in [-0.05, 0) is 30.2 Å². The fourth-order valence-corrected chi connectivity index (χ4v) is 2.12. The van der Waals surface area contributed by atoms with Gasteiger partial charge in [0.25, 0.3) is 5.91 Å². The average Bonchev–Trinajstić information content (AvgIpc) is 2.55. The Morgan fingerprint density at radius 1 is 1.27 bits per heavy atom. The number of halogens is 1. The highest BCUT2D eigenvalue weighted by Gasteiger charge is 2.14. The zero-order chi connectivity index (χ0) is 15.9. The highest BCUT2D eigenvalue weighted by atomic mass is 19.1. The number of amides is 1. The summed E-state index contributed by atoms with van der Waals surface area (Å²) in [6, 6.07) is 13.0. The molecule has 0 radical (unpaired) electrons. The van der Waals surface area contributed by atoms with Crippen LogP contribution in [0.15, 0.2) is 48.5 Å². The second-order valence-corrected chi connectivity index (χ2v) is 4.82. The first-order valence-corrected chi connectivity index (χ1v) is 6.96. The normalized spacial score (nSPS) is 11.8. The van der Waals surface area contributed by atoms with Gasteiger partial charge in [0.15, 0.2) is 0 Å². The number of carbonyl (C=O) groups excluding carboxylic acids is 1. The molecule has 0 aliphatic rings. The van der Waals surface area contributed by atoms with Crippen LogP contribution in [0.2, 0.25) is 0 Å². The van der Waals surface area contributed by atoms with Crippen LogP contribution in [0.5, 0.6) is 5.75 Å². The van der Waals surface area contributed by atoms with E-state index in [0.717, 1.165) is 11.6 Å². The lowest BCUT2D eigenvalue weighted by Gasteiger charge is -2.12. The Morgan fingerprint density at radius 2 is 2.00 bits per heavy atom. The molecule has 0 bridgehead atoms. The van der Waals surface area contributed by atoms with E-state index in [4.69, 9.17) is 4.74 Å². The lowest BCUT2D eigenvalue weighted by Crippen LogP contribution is -2.26. The summed E-state index contributed by atoms with van der Waals surface area (Å²) in [7, 11) is 1.42. The fourth-order valence-electron chi connectivity index (χ4n) is 2.12. The predicted molar refractivity (Wildman–Crippen MR) is 81.3 cm³/mol. The van der Waals surface area contributed by atoms with Gasteiger partial charge in [0.05, 0.1) is 18.8 Å². The van der Waals surface area contributed by atoms with E-state index in [9.17, 15) is 14.3 Å². The third kappa shape index (κ3) is 4.05. The fraction of sp³-hybridized carbons (Fsp3) is 0.235. The van der Waals surface area contributed by atoms with Gasteiger partial charge in [-0.3, -0.25) is 4.79 Å². The van der Waals surface area contributed by atoms with Gasteiger partial charge in [-0.15, -0.1) is 0 Å². The van der Waals surface area contributed by atoms with Crippen LogP contribution in [0.25, 0.3) is 0 Å². The molecule has 116 valence electrons. The van der Waals surface area contributed by atoms with Crippen LogP contribution >= 0.6 is 0 Å². The van der Waals surface area contributed by atoms with Crippen LogP contribution in [0.1, 0.15) is 28.4 Å². The standard InChI is InChI=1S/C17H18FNO3/c1-22-16-8-7-13(18)11-14(16)17(21)19-10-9-15(20)12-5-3-2-4-6-12/h2-8,11,15,20H,9-10H2,1H3,(H,19,21). The summed E-state index contributed by atoms with van der Waals surface area (Å²) in [6.45, 7) is 0.272. The molecule has 1 atom stereocenters. The molecule has 2 rings (SSSR count). The van der Waals surface area contributed by atoms with E-state index < -0.39 is 17.8 Å². The van der Waals surface area contributed by atoms with Gasteiger partial charge in [0.2, 0.25) is 0 Å². The largest absolute Gasteiger partial charge is 0.496 e. The monoisotopic (exact) mass is 303 g/mol. The van der Waals surface area contributed by atoms with Crippen molar-refractivity contribution >= 4 is 5.91 Å². The van der Waals surface area contributed by atoms with E-state index in [-0.39, 0.29) is 12.1 Å². The lowest BCUT2D eigenvalue weighted by molar-refractivity contribution is 0.0939. The molecular weight excluding hydrogens is 285 g/mol. The number of aliphatic hydroxyl groups excluding tert-OH is 1. The number of hydrogen-bond acceptors (Lipinski definition) is 3. The van der Waals surface area contributed by atoms with Gasteiger partial charge in [-0.25, -0.2) is 4.39 Å². The Morgan fingerprint density at radius 3 is 2.68 bits per heavy atom. The molecule has 22 heavy (non-hydrogen) atoms. The van der Waals surface area contributed by atoms with Crippen molar-refractivity contribution in [1.29, 1.82) is 0 Å². The quantitative estimate of drug-likeness (QED) is 0.862. The lowest BCUT2D eigenvalue weighted by atomic mass is 10.1. The summed E-state index contributed by atoms with van der Waals surface area (Å²) in [5.41, 5.74) is 0.928. The average molecular weight is 303 g/mol. The van der Waals surface area contributed by atoms with Crippen molar-refractivity contribution in [3.8, 4) is 5.75 Å². The molecular formula is C17H18FNO3. The molecule has 5 heteroatoms. The van der Waals surface area contributed by atoms with Crippen LogP contribution in [-0.4, -0.2) is 24.7 Å². The number of nitrogens with one attached hydrogen (secondary N) is 1. The van der Waals surface area contributed by atoms with E-state index in [1.54, 1.807) is 0 Å². The molecule has 2 N–H and O–H groups in total. The number of aliphatic hydroxyl groups is 1. The summed E-state index contributed by atoms with van der Waals surface area (Å²) in [4.78, 5) is 12.1. The Balaban J connectivity index is 1.92. The molecule has 4 nitrogen and oxygen atoms in total. The van der Waals surface area contributed by atoms with Gasteiger partial charge >= 0.3 is 0 Å². The Bertz CT molecular complexity index is 631. The van der Waals surface area contributed by atoms with E-state index in [2.05, 4.69) is 5.32 Å². The van der Waals surface area contributed by atoms with Crippen LogP contribution in [0, 0.1) is 5.82 Å². The maximum Gasteiger partial charge on any atom is 0.255 e. The third-order valence-electron chi connectivity index (χ3n) is 3.29. The minimum atomic E-state index is -0.657. The SMILES string of the molecule is COc1ccc(F)cc1C(=O)NCCC(O)c1ccccc1. The maximum absolute atomic E-state index is 13.2. The first-order valence-electron chi connectivity index (χ1n) is 6.96.